The number of nitrogens with zero attached hydrogens (tertiary/aromatic N) is 2. The van der Waals surface area contributed by atoms with E-state index in [1.54, 1.807) is 30.3 Å². The fourth-order valence-electron chi connectivity index (χ4n) is 2.80. The molecule has 0 radical (unpaired) electrons. The molecule has 1 aliphatic heterocycles. The third-order valence-electron chi connectivity index (χ3n) is 4.19. The fraction of sp³-hybridized carbons (Fsp3) is 0.167. The molecule has 2 aromatic carbocycles. The average molecular weight is 337 g/mol. The lowest BCUT2D eigenvalue weighted by Crippen LogP contribution is -2.52. The number of aromatic nitrogens is 2. The van der Waals surface area contributed by atoms with E-state index in [0.717, 1.165) is 0 Å². The standard InChI is InChI=1S/C18H15N3O4/c22-16(11-4-2-1-3-5-11)12-6-7-14-15(8-12)20-17(19-14)21(18(23)24)13-9-25-10-13/h1-8,13H,9-10H2,(H,19,20)(H,23,24). The molecule has 1 amide bonds. The van der Waals surface area contributed by atoms with Gasteiger partial charge in [-0.15, -0.1) is 0 Å². The molecule has 3 aromatic rings. The lowest BCUT2D eigenvalue weighted by Gasteiger charge is -2.33. The zero-order chi connectivity index (χ0) is 17.4. The maximum Gasteiger partial charge on any atom is 0.414 e. The minimum atomic E-state index is -1.09. The zero-order valence-electron chi connectivity index (χ0n) is 13.2. The predicted octanol–water partition coefficient (Wildman–Crippen LogP) is 2.68. The van der Waals surface area contributed by atoms with Crippen LogP contribution in [0.4, 0.5) is 10.7 Å². The number of hydrogen-bond acceptors (Lipinski definition) is 4. The molecule has 1 saturated heterocycles. The molecule has 0 saturated carbocycles. The summed E-state index contributed by atoms with van der Waals surface area (Å²) < 4.78 is 5.07. The number of ether oxygens (including phenoxy) is 1. The van der Waals surface area contributed by atoms with Gasteiger partial charge in [-0.05, 0) is 18.2 Å². The van der Waals surface area contributed by atoms with Crippen LogP contribution in [0.15, 0.2) is 48.5 Å². The van der Waals surface area contributed by atoms with Crippen molar-refractivity contribution in [3.63, 3.8) is 0 Å². The second-order valence-corrected chi connectivity index (χ2v) is 5.83. The zero-order valence-corrected chi connectivity index (χ0v) is 13.2. The number of H-pyrrole nitrogens is 1. The molecule has 0 atom stereocenters. The molecule has 7 nitrogen and oxygen atoms in total. The van der Waals surface area contributed by atoms with E-state index in [1.807, 2.05) is 18.2 Å². The van der Waals surface area contributed by atoms with E-state index in [-0.39, 0.29) is 17.8 Å². The predicted molar refractivity (Wildman–Crippen MR) is 91.1 cm³/mol. The molecule has 1 fully saturated rings. The first-order valence-corrected chi connectivity index (χ1v) is 7.83. The number of hydrogen-bond donors (Lipinski definition) is 2. The van der Waals surface area contributed by atoms with Gasteiger partial charge in [0.2, 0.25) is 5.95 Å². The fourth-order valence-corrected chi connectivity index (χ4v) is 2.80. The van der Waals surface area contributed by atoms with Gasteiger partial charge < -0.3 is 14.8 Å². The van der Waals surface area contributed by atoms with Gasteiger partial charge in [-0.25, -0.2) is 14.7 Å². The summed E-state index contributed by atoms with van der Waals surface area (Å²) >= 11 is 0. The van der Waals surface area contributed by atoms with Crippen molar-refractivity contribution in [2.75, 3.05) is 18.1 Å². The second kappa shape index (κ2) is 6.03. The lowest BCUT2D eigenvalue weighted by atomic mass is 10.0. The Morgan fingerprint density at radius 3 is 2.52 bits per heavy atom. The minimum Gasteiger partial charge on any atom is -0.465 e. The molecule has 2 heterocycles. The molecule has 0 spiro atoms. The number of carbonyl (C=O) groups is 2. The number of carbonyl (C=O) groups excluding carboxylic acids is 1. The van der Waals surface area contributed by atoms with Gasteiger partial charge in [0.05, 0.1) is 30.3 Å². The number of ketones is 1. The number of anilines is 1. The Labute approximate surface area is 142 Å². The summed E-state index contributed by atoms with van der Waals surface area (Å²) in [4.78, 5) is 32.6. The normalized spacial score (nSPS) is 14.2. The largest absolute Gasteiger partial charge is 0.465 e. The molecule has 4 rings (SSSR count). The summed E-state index contributed by atoms with van der Waals surface area (Å²) in [6, 6.07) is 13.8. The van der Waals surface area contributed by atoms with E-state index in [4.69, 9.17) is 4.74 Å². The SMILES string of the molecule is O=C(c1ccccc1)c1ccc2[nH]c(N(C(=O)O)C3COC3)nc2c1. The van der Waals surface area contributed by atoms with E-state index in [0.29, 0.717) is 35.4 Å². The Hall–Kier alpha value is -3.19. The molecule has 126 valence electrons. The number of rotatable bonds is 4. The molecular weight excluding hydrogens is 322 g/mol. The first-order valence-electron chi connectivity index (χ1n) is 7.83. The minimum absolute atomic E-state index is 0.102. The van der Waals surface area contributed by atoms with Gasteiger partial charge in [0, 0.05) is 11.1 Å². The van der Waals surface area contributed by atoms with Crippen LogP contribution in [0.2, 0.25) is 0 Å². The van der Waals surface area contributed by atoms with Gasteiger partial charge in [-0.2, -0.15) is 0 Å². The topological polar surface area (TPSA) is 95.5 Å². The van der Waals surface area contributed by atoms with Crippen LogP contribution in [0.5, 0.6) is 0 Å². The second-order valence-electron chi connectivity index (χ2n) is 5.83. The Balaban J connectivity index is 1.70. The van der Waals surface area contributed by atoms with Crippen molar-refractivity contribution in [3.05, 3.63) is 59.7 Å². The Bertz CT molecular complexity index is 947. The summed E-state index contributed by atoms with van der Waals surface area (Å²) in [6.45, 7) is 0.697. The van der Waals surface area contributed by atoms with Gasteiger partial charge in [0.15, 0.2) is 5.78 Å². The number of imidazole rings is 1. The van der Waals surface area contributed by atoms with E-state index in [1.165, 1.54) is 4.90 Å². The van der Waals surface area contributed by atoms with Crippen molar-refractivity contribution in [3.8, 4) is 0 Å². The van der Waals surface area contributed by atoms with Crippen LogP contribution >= 0.6 is 0 Å². The van der Waals surface area contributed by atoms with E-state index < -0.39 is 6.09 Å². The van der Waals surface area contributed by atoms with Crippen LogP contribution in [0, 0.1) is 0 Å². The highest BCUT2D eigenvalue weighted by Gasteiger charge is 2.33. The van der Waals surface area contributed by atoms with Gasteiger partial charge >= 0.3 is 6.09 Å². The maximum atomic E-state index is 12.5. The first-order chi connectivity index (χ1) is 12.1. The van der Waals surface area contributed by atoms with Crippen molar-refractivity contribution < 1.29 is 19.4 Å². The van der Waals surface area contributed by atoms with Gasteiger partial charge in [0.1, 0.15) is 0 Å². The maximum absolute atomic E-state index is 12.5. The van der Waals surface area contributed by atoms with Crippen LogP contribution in [-0.4, -0.2) is 46.2 Å². The summed E-state index contributed by atoms with van der Waals surface area (Å²) in [6.07, 6.45) is -1.09. The lowest BCUT2D eigenvalue weighted by molar-refractivity contribution is 0.00850. The molecular formula is C18H15N3O4. The summed E-state index contributed by atoms with van der Waals surface area (Å²) in [5.41, 5.74) is 2.32. The van der Waals surface area contributed by atoms with Crippen LogP contribution in [0.3, 0.4) is 0 Å². The molecule has 1 aromatic heterocycles. The van der Waals surface area contributed by atoms with E-state index in [9.17, 15) is 14.7 Å². The Morgan fingerprint density at radius 1 is 1.12 bits per heavy atom. The average Bonchev–Trinajstić information content (AvgIpc) is 3.00. The Morgan fingerprint density at radius 2 is 1.88 bits per heavy atom. The van der Waals surface area contributed by atoms with Crippen molar-refractivity contribution in [1.82, 2.24) is 9.97 Å². The molecule has 0 unspecified atom stereocenters. The third kappa shape index (κ3) is 2.74. The number of amides is 1. The quantitative estimate of drug-likeness (QED) is 0.714. The number of nitrogens with one attached hydrogen (secondary N) is 1. The monoisotopic (exact) mass is 337 g/mol. The summed E-state index contributed by atoms with van der Waals surface area (Å²) in [7, 11) is 0. The highest BCUT2D eigenvalue weighted by atomic mass is 16.5. The highest BCUT2D eigenvalue weighted by Crippen LogP contribution is 2.23. The van der Waals surface area contributed by atoms with Crippen molar-refractivity contribution in [1.29, 1.82) is 0 Å². The van der Waals surface area contributed by atoms with Crippen molar-refractivity contribution >= 4 is 28.9 Å². The summed E-state index contributed by atoms with van der Waals surface area (Å²) in [5, 5.41) is 9.43. The number of aromatic amines is 1. The van der Waals surface area contributed by atoms with Crippen molar-refractivity contribution in [2.45, 2.75) is 6.04 Å². The first kappa shape index (κ1) is 15.3. The molecule has 7 heteroatoms. The number of benzene rings is 2. The smallest absolute Gasteiger partial charge is 0.414 e. The van der Waals surface area contributed by atoms with Crippen LogP contribution in [0.1, 0.15) is 15.9 Å². The molecule has 0 aliphatic carbocycles. The van der Waals surface area contributed by atoms with E-state index in [2.05, 4.69) is 9.97 Å². The number of carboxylic acid groups (broad SMARTS) is 1. The van der Waals surface area contributed by atoms with Crippen LogP contribution < -0.4 is 4.90 Å². The van der Waals surface area contributed by atoms with Gasteiger partial charge in [0.25, 0.3) is 0 Å². The molecule has 0 bridgehead atoms. The van der Waals surface area contributed by atoms with Crippen molar-refractivity contribution in [2.24, 2.45) is 0 Å². The highest BCUT2D eigenvalue weighted by molar-refractivity contribution is 6.10. The van der Waals surface area contributed by atoms with E-state index >= 15 is 0 Å². The summed E-state index contributed by atoms with van der Waals surface area (Å²) in [5.74, 6) is 0.134. The Kier molecular flexibility index (Phi) is 3.70. The van der Waals surface area contributed by atoms with Crippen LogP contribution in [0.25, 0.3) is 11.0 Å². The van der Waals surface area contributed by atoms with Gasteiger partial charge in [-0.1, -0.05) is 30.3 Å². The van der Waals surface area contributed by atoms with Crippen LogP contribution in [-0.2, 0) is 4.74 Å². The molecule has 1 aliphatic rings. The molecule has 25 heavy (non-hydrogen) atoms. The number of fused-ring (bicyclic) bond motifs is 1. The molecule has 2 N–H and O–H groups in total. The third-order valence-corrected chi connectivity index (χ3v) is 4.19. The van der Waals surface area contributed by atoms with Gasteiger partial charge in [-0.3, -0.25) is 4.79 Å².